The molecule has 0 aromatic heterocycles. The summed E-state index contributed by atoms with van der Waals surface area (Å²) in [7, 11) is 0. The topological polar surface area (TPSA) is 17.1 Å². The third-order valence-electron chi connectivity index (χ3n) is 4.63. The number of hydrogen-bond acceptors (Lipinski definition) is 1. The number of carbonyl (C=O) groups is 1. The average molecular weight is 268 g/mol. The lowest BCUT2D eigenvalue weighted by Gasteiger charge is -2.27. The molecule has 1 nitrogen and oxygen atoms in total. The van der Waals surface area contributed by atoms with Gasteiger partial charge in [0.2, 0.25) is 0 Å². The molecule has 0 fully saturated rings. The maximum atomic E-state index is 11.8. The van der Waals surface area contributed by atoms with Gasteiger partial charge in [0.1, 0.15) is 5.78 Å². The number of ketones is 1. The predicted molar refractivity (Wildman–Crippen MR) is 85.4 cm³/mol. The van der Waals surface area contributed by atoms with Crippen LogP contribution in [0.3, 0.4) is 0 Å². The zero-order chi connectivity index (χ0) is 14.7. The fourth-order valence-corrected chi connectivity index (χ4v) is 3.00. The van der Waals surface area contributed by atoms with E-state index in [0.29, 0.717) is 24.0 Å². The van der Waals surface area contributed by atoms with Crippen molar-refractivity contribution in [2.45, 2.75) is 92.4 Å². The molecule has 0 aromatic carbocycles. The van der Waals surface area contributed by atoms with E-state index in [1.807, 2.05) is 6.92 Å². The molecule has 0 saturated heterocycles. The summed E-state index contributed by atoms with van der Waals surface area (Å²) >= 11 is 0. The van der Waals surface area contributed by atoms with Crippen LogP contribution in [-0.2, 0) is 4.79 Å². The van der Waals surface area contributed by atoms with Gasteiger partial charge in [-0.05, 0) is 24.2 Å². The Morgan fingerprint density at radius 2 is 1.68 bits per heavy atom. The Kier molecular flexibility index (Phi) is 11.3. The number of carbonyl (C=O) groups excluding carboxylic acids is 1. The first-order chi connectivity index (χ1) is 9.08. The van der Waals surface area contributed by atoms with Crippen LogP contribution >= 0.6 is 0 Å². The second kappa shape index (κ2) is 11.5. The fourth-order valence-electron chi connectivity index (χ4n) is 3.00. The summed E-state index contributed by atoms with van der Waals surface area (Å²) in [6.07, 6.45) is 10.6. The van der Waals surface area contributed by atoms with Crippen LogP contribution in [0, 0.1) is 17.8 Å². The van der Waals surface area contributed by atoms with Gasteiger partial charge in [0.05, 0.1) is 0 Å². The Bertz CT molecular complexity index is 222. The Morgan fingerprint density at radius 1 is 1.00 bits per heavy atom. The molecule has 0 heterocycles. The van der Waals surface area contributed by atoms with E-state index < -0.39 is 0 Å². The molecule has 19 heavy (non-hydrogen) atoms. The minimum atomic E-state index is 0.455. The van der Waals surface area contributed by atoms with Crippen molar-refractivity contribution in [2.24, 2.45) is 17.8 Å². The van der Waals surface area contributed by atoms with E-state index in [1.54, 1.807) is 0 Å². The van der Waals surface area contributed by atoms with E-state index >= 15 is 0 Å². The van der Waals surface area contributed by atoms with Gasteiger partial charge in [0, 0.05) is 12.8 Å². The van der Waals surface area contributed by atoms with E-state index in [-0.39, 0.29) is 0 Å². The van der Waals surface area contributed by atoms with Gasteiger partial charge < -0.3 is 0 Å². The van der Waals surface area contributed by atoms with Crippen molar-refractivity contribution in [1.82, 2.24) is 0 Å². The lowest BCUT2D eigenvalue weighted by atomic mass is 9.78. The highest BCUT2D eigenvalue weighted by Crippen LogP contribution is 2.31. The van der Waals surface area contributed by atoms with Gasteiger partial charge in [0.25, 0.3) is 0 Å². The maximum Gasteiger partial charge on any atom is 0.132 e. The first-order valence-electron chi connectivity index (χ1n) is 8.60. The number of unbranched alkanes of at least 4 members (excludes halogenated alkanes) is 1. The van der Waals surface area contributed by atoms with Gasteiger partial charge >= 0.3 is 0 Å². The monoisotopic (exact) mass is 268 g/mol. The standard InChI is InChI=1S/C18H36O/c1-6-10-12-16(11-7-2)13-17(15(5)8-3)14-18(19)9-4/h15-17H,6-14H2,1-5H3. The van der Waals surface area contributed by atoms with Crippen LogP contribution in [-0.4, -0.2) is 5.78 Å². The smallest absolute Gasteiger partial charge is 0.132 e. The van der Waals surface area contributed by atoms with E-state index in [0.717, 1.165) is 12.3 Å². The van der Waals surface area contributed by atoms with Gasteiger partial charge in [-0.2, -0.15) is 0 Å². The first kappa shape index (κ1) is 18.7. The molecule has 0 N–H and O–H groups in total. The van der Waals surface area contributed by atoms with Crippen molar-refractivity contribution in [3.8, 4) is 0 Å². The summed E-state index contributed by atoms with van der Waals surface area (Å²) < 4.78 is 0. The molecule has 0 radical (unpaired) electrons. The summed E-state index contributed by atoms with van der Waals surface area (Å²) in [5.41, 5.74) is 0. The van der Waals surface area contributed by atoms with Crippen LogP contribution in [0.15, 0.2) is 0 Å². The molecule has 0 rings (SSSR count). The lowest BCUT2D eigenvalue weighted by molar-refractivity contribution is -0.120. The van der Waals surface area contributed by atoms with Crippen LogP contribution in [0.25, 0.3) is 0 Å². The van der Waals surface area contributed by atoms with Gasteiger partial charge in [-0.1, -0.05) is 73.1 Å². The molecular formula is C18H36O. The summed E-state index contributed by atoms with van der Waals surface area (Å²) in [5, 5.41) is 0. The maximum absolute atomic E-state index is 11.8. The minimum Gasteiger partial charge on any atom is -0.300 e. The second-order valence-electron chi connectivity index (χ2n) is 6.27. The first-order valence-corrected chi connectivity index (χ1v) is 8.60. The minimum absolute atomic E-state index is 0.455. The number of Topliss-reactive ketones (excluding diaryl/α,β-unsaturated/α-hetero) is 1. The van der Waals surface area contributed by atoms with Crippen molar-refractivity contribution in [3.05, 3.63) is 0 Å². The molecular weight excluding hydrogens is 232 g/mol. The normalized spacial score (nSPS) is 16.1. The Morgan fingerprint density at radius 3 is 2.16 bits per heavy atom. The van der Waals surface area contributed by atoms with Crippen molar-refractivity contribution in [3.63, 3.8) is 0 Å². The molecule has 0 aliphatic carbocycles. The largest absolute Gasteiger partial charge is 0.300 e. The molecule has 0 saturated carbocycles. The molecule has 0 bridgehead atoms. The molecule has 3 atom stereocenters. The SMILES string of the molecule is CCCCC(CCC)CC(CC(=O)CC)C(C)CC. The van der Waals surface area contributed by atoms with Crippen molar-refractivity contribution in [1.29, 1.82) is 0 Å². The van der Waals surface area contributed by atoms with E-state index in [4.69, 9.17) is 0 Å². The Labute approximate surface area is 121 Å². The van der Waals surface area contributed by atoms with Crippen molar-refractivity contribution >= 4 is 5.78 Å². The summed E-state index contributed by atoms with van der Waals surface area (Å²) in [4.78, 5) is 11.8. The third-order valence-corrected chi connectivity index (χ3v) is 4.63. The summed E-state index contributed by atoms with van der Waals surface area (Å²) in [5.74, 6) is 2.60. The van der Waals surface area contributed by atoms with E-state index in [9.17, 15) is 4.79 Å². The second-order valence-corrected chi connectivity index (χ2v) is 6.27. The highest BCUT2D eigenvalue weighted by molar-refractivity contribution is 5.78. The Balaban J connectivity index is 4.49. The van der Waals surface area contributed by atoms with Crippen LogP contribution in [0.1, 0.15) is 92.4 Å². The summed E-state index contributed by atoms with van der Waals surface area (Å²) in [6, 6.07) is 0. The van der Waals surface area contributed by atoms with Crippen LogP contribution in [0.5, 0.6) is 0 Å². The average Bonchev–Trinajstić information content (AvgIpc) is 2.42. The molecule has 114 valence electrons. The van der Waals surface area contributed by atoms with E-state index in [1.165, 1.54) is 44.9 Å². The molecule has 0 aliphatic heterocycles. The zero-order valence-electron chi connectivity index (χ0n) is 14.0. The van der Waals surface area contributed by atoms with Gasteiger partial charge in [-0.15, -0.1) is 0 Å². The fraction of sp³-hybridized carbons (Fsp3) is 0.944. The molecule has 1 heteroatoms. The van der Waals surface area contributed by atoms with Gasteiger partial charge in [-0.25, -0.2) is 0 Å². The molecule has 0 aliphatic rings. The highest BCUT2D eigenvalue weighted by Gasteiger charge is 2.22. The van der Waals surface area contributed by atoms with Crippen molar-refractivity contribution < 1.29 is 4.79 Å². The van der Waals surface area contributed by atoms with Crippen LogP contribution in [0.2, 0.25) is 0 Å². The van der Waals surface area contributed by atoms with Gasteiger partial charge in [-0.3, -0.25) is 4.79 Å². The van der Waals surface area contributed by atoms with Crippen LogP contribution in [0.4, 0.5) is 0 Å². The number of rotatable bonds is 12. The van der Waals surface area contributed by atoms with Crippen molar-refractivity contribution in [2.75, 3.05) is 0 Å². The predicted octanol–water partition coefficient (Wildman–Crippen LogP) is 6.01. The molecule has 0 amide bonds. The lowest BCUT2D eigenvalue weighted by Crippen LogP contribution is -2.19. The van der Waals surface area contributed by atoms with Gasteiger partial charge in [0.15, 0.2) is 0 Å². The molecule has 0 aromatic rings. The summed E-state index contributed by atoms with van der Waals surface area (Å²) in [6.45, 7) is 11.1. The zero-order valence-corrected chi connectivity index (χ0v) is 14.0. The molecule has 0 spiro atoms. The third kappa shape index (κ3) is 8.44. The van der Waals surface area contributed by atoms with Crippen LogP contribution < -0.4 is 0 Å². The number of hydrogen-bond donors (Lipinski definition) is 0. The Hall–Kier alpha value is -0.330. The quantitative estimate of drug-likeness (QED) is 0.423. The van der Waals surface area contributed by atoms with E-state index in [2.05, 4.69) is 27.7 Å². The highest BCUT2D eigenvalue weighted by atomic mass is 16.1. The molecule has 3 unspecified atom stereocenters.